The molecule has 0 bridgehead atoms. The van der Waals surface area contributed by atoms with E-state index in [9.17, 15) is 5.26 Å². The molecule has 0 saturated heterocycles. The normalized spacial score (nSPS) is 18.9. The smallest absolute Gasteiger partial charge is 0.137 e. The van der Waals surface area contributed by atoms with E-state index in [1.807, 2.05) is 38.2 Å². The van der Waals surface area contributed by atoms with Crippen LogP contribution >= 0.6 is 23.3 Å². The number of aromatic nitrogens is 1. The molecule has 1 fully saturated rings. The summed E-state index contributed by atoms with van der Waals surface area (Å²) in [5.41, 5.74) is 5.55. The fourth-order valence-electron chi connectivity index (χ4n) is 3.82. The minimum atomic E-state index is 0.0256. The topological polar surface area (TPSA) is 67.2 Å². The molecule has 0 amide bonds. The quantitative estimate of drug-likeness (QED) is 0.347. The molecule has 1 N–H and O–H groups in total. The summed E-state index contributed by atoms with van der Waals surface area (Å²) in [5, 5.41) is 10.5. The lowest BCUT2D eigenvalue weighted by Crippen LogP contribution is -2.22. The highest BCUT2D eigenvalue weighted by Crippen LogP contribution is 2.40. The van der Waals surface area contributed by atoms with Gasteiger partial charge in [0.1, 0.15) is 16.8 Å². The number of rotatable bonds is 9. The molecule has 0 radical (unpaired) electrons. The zero-order valence-corrected chi connectivity index (χ0v) is 21.0. The molecule has 7 heteroatoms. The summed E-state index contributed by atoms with van der Waals surface area (Å²) in [4.78, 5) is 5.84. The van der Waals surface area contributed by atoms with Gasteiger partial charge in [-0.15, -0.1) is 11.3 Å². The van der Waals surface area contributed by atoms with Gasteiger partial charge >= 0.3 is 0 Å². The van der Waals surface area contributed by atoms with E-state index in [-0.39, 0.29) is 6.10 Å². The molecule has 1 aliphatic rings. The Hall–Kier alpha value is -2.11. The van der Waals surface area contributed by atoms with E-state index in [0.29, 0.717) is 17.4 Å². The Bertz CT molecular complexity index is 1030. The Kier molecular flexibility index (Phi) is 8.94. The molecule has 1 aromatic carbocycles. The van der Waals surface area contributed by atoms with Gasteiger partial charge in [-0.05, 0) is 75.5 Å². The molecule has 1 aliphatic carbocycles. The van der Waals surface area contributed by atoms with Gasteiger partial charge in [0.2, 0.25) is 0 Å². The van der Waals surface area contributed by atoms with Crippen LogP contribution in [0.2, 0.25) is 0 Å². The lowest BCUT2D eigenvalue weighted by molar-refractivity contribution is 0.218. The third kappa shape index (κ3) is 5.81. The fourth-order valence-corrected chi connectivity index (χ4v) is 5.58. The van der Waals surface area contributed by atoms with Gasteiger partial charge in [0.25, 0.3) is 0 Å². The number of nitrogens with zero attached hydrogens (tertiary/aromatic N) is 2. The first-order valence-corrected chi connectivity index (χ1v) is 12.7. The average Bonchev–Trinajstić information content (AvgIpc) is 3.43. The van der Waals surface area contributed by atoms with E-state index in [2.05, 4.69) is 35.7 Å². The molecule has 3 rings (SSSR count). The highest BCUT2D eigenvalue weighted by molar-refractivity contribution is 7.97. The Morgan fingerprint density at radius 1 is 1.44 bits per heavy atom. The maximum absolute atomic E-state index is 9.54. The maximum Gasteiger partial charge on any atom is 0.137 e. The molecule has 5 nitrogen and oxygen atoms in total. The Morgan fingerprint density at radius 3 is 2.94 bits per heavy atom. The van der Waals surface area contributed by atoms with E-state index >= 15 is 0 Å². The molecular formula is C25H31N3O2S2. The zero-order chi connectivity index (χ0) is 23.1. The summed E-state index contributed by atoms with van der Waals surface area (Å²) >= 11 is 3.40. The SMILES string of the molecule is CC=C1/C(=C(\C)c2cnc(-c3ccc(OC(C)C)c(C#N)c3)s2)CCC1NSCCOC. The third-order valence-corrected chi connectivity index (χ3v) is 7.36. The van der Waals surface area contributed by atoms with Crippen molar-refractivity contribution in [2.75, 3.05) is 19.5 Å². The average molecular weight is 470 g/mol. The van der Waals surface area contributed by atoms with Crippen LogP contribution in [0.15, 0.2) is 41.6 Å². The number of benzene rings is 1. The highest BCUT2D eigenvalue weighted by atomic mass is 32.2. The van der Waals surface area contributed by atoms with Gasteiger partial charge < -0.3 is 9.47 Å². The Morgan fingerprint density at radius 2 is 2.25 bits per heavy atom. The molecule has 1 unspecified atom stereocenters. The lowest BCUT2D eigenvalue weighted by Gasteiger charge is -2.14. The predicted octanol–water partition coefficient (Wildman–Crippen LogP) is 6.24. The van der Waals surface area contributed by atoms with E-state index < -0.39 is 0 Å². The lowest BCUT2D eigenvalue weighted by atomic mass is 10.0. The van der Waals surface area contributed by atoms with Crippen molar-refractivity contribution in [3.63, 3.8) is 0 Å². The standard InChI is InChI=1S/C25H31N3O2S2/c1-6-20-21(8-9-22(20)28-31-12-11-29-5)17(4)24-15-27-25(32-24)18-7-10-23(30-16(2)3)19(13-18)14-26/h6-7,10,13,15-16,22,28H,8-9,11-12H2,1-5H3/b20-6?,21-17+. The van der Waals surface area contributed by atoms with Crippen molar-refractivity contribution >= 4 is 28.9 Å². The van der Waals surface area contributed by atoms with E-state index in [4.69, 9.17) is 9.47 Å². The van der Waals surface area contributed by atoms with Gasteiger partial charge in [-0.3, -0.25) is 4.72 Å². The molecule has 1 saturated carbocycles. The minimum Gasteiger partial charge on any atom is -0.490 e. The molecule has 1 heterocycles. The summed E-state index contributed by atoms with van der Waals surface area (Å²) in [6, 6.07) is 8.33. The molecule has 1 aromatic heterocycles. The zero-order valence-electron chi connectivity index (χ0n) is 19.4. The second kappa shape index (κ2) is 11.7. The third-order valence-electron chi connectivity index (χ3n) is 5.37. The van der Waals surface area contributed by atoms with Crippen LogP contribution in [-0.4, -0.2) is 36.6 Å². The Balaban J connectivity index is 1.80. The van der Waals surface area contributed by atoms with Crippen molar-refractivity contribution in [3.05, 3.63) is 52.1 Å². The first-order valence-electron chi connectivity index (χ1n) is 10.9. The molecular weight excluding hydrogens is 438 g/mol. The summed E-state index contributed by atoms with van der Waals surface area (Å²) in [6.45, 7) is 8.97. The van der Waals surface area contributed by atoms with Gasteiger partial charge in [-0.1, -0.05) is 18.0 Å². The summed E-state index contributed by atoms with van der Waals surface area (Å²) in [7, 11) is 1.73. The number of nitriles is 1. The highest BCUT2D eigenvalue weighted by Gasteiger charge is 2.27. The molecule has 170 valence electrons. The van der Waals surface area contributed by atoms with Crippen molar-refractivity contribution in [3.8, 4) is 22.4 Å². The van der Waals surface area contributed by atoms with Crippen molar-refractivity contribution in [1.29, 1.82) is 5.26 Å². The molecule has 2 aromatic rings. The number of ether oxygens (including phenoxy) is 2. The van der Waals surface area contributed by atoms with Gasteiger partial charge in [0, 0.05) is 30.7 Å². The van der Waals surface area contributed by atoms with E-state index in [1.54, 1.807) is 30.4 Å². The monoisotopic (exact) mass is 469 g/mol. The maximum atomic E-state index is 9.54. The number of thiazole rings is 1. The first-order chi connectivity index (χ1) is 15.5. The first kappa shape index (κ1) is 24.5. The van der Waals surface area contributed by atoms with Crippen LogP contribution in [-0.2, 0) is 4.74 Å². The van der Waals surface area contributed by atoms with Gasteiger partial charge in [-0.2, -0.15) is 5.26 Å². The molecule has 0 aliphatic heterocycles. The summed E-state index contributed by atoms with van der Waals surface area (Å²) < 4.78 is 14.5. The van der Waals surface area contributed by atoms with Crippen molar-refractivity contribution in [2.45, 2.75) is 52.7 Å². The van der Waals surface area contributed by atoms with Crippen LogP contribution in [0.3, 0.4) is 0 Å². The van der Waals surface area contributed by atoms with Crippen LogP contribution in [0.1, 0.15) is 51.0 Å². The van der Waals surface area contributed by atoms with Crippen molar-refractivity contribution in [1.82, 2.24) is 9.71 Å². The second-order valence-electron chi connectivity index (χ2n) is 7.92. The molecule has 1 atom stereocenters. The van der Waals surface area contributed by atoms with Gasteiger partial charge in [0.15, 0.2) is 0 Å². The predicted molar refractivity (Wildman–Crippen MR) is 135 cm³/mol. The minimum absolute atomic E-state index is 0.0256. The summed E-state index contributed by atoms with van der Waals surface area (Å²) in [5.74, 6) is 1.55. The Labute approximate surface area is 199 Å². The summed E-state index contributed by atoms with van der Waals surface area (Å²) in [6.07, 6.45) is 6.36. The van der Waals surface area contributed by atoms with Gasteiger partial charge in [-0.25, -0.2) is 4.98 Å². The number of hydrogen-bond acceptors (Lipinski definition) is 7. The van der Waals surface area contributed by atoms with Crippen molar-refractivity contribution < 1.29 is 9.47 Å². The van der Waals surface area contributed by atoms with Crippen LogP contribution in [0.25, 0.3) is 16.1 Å². The van der Waals surface area contributed by atoms with Crippen LogP contribution in [0.4, 0.5) is 0 Å². The van der Waals surface area contributed by atoms with Crippen molar-refractivity contribution in [2.24, 2.45) is 0 Å². The van der Waals surface area contributed by atoms with E-state index in [0.717, 1.165) is 35.8 Å². The van der Waals surface area contributed by atoms with Crippen LogP contribution in [0, 0.1) is 11.3 Å². The van der Waals surface area contributed by atoms with Crippen LogP contribution in [0.5, 0.6) is 5.75 Å². The molecule has 0 spiro atoms. The largest absolute Gasteiger partial charge is 0.490 e. The van der Waals surface area contributed by atoms with Crippen LogP contribution < -0.4 is 9.46 Å². The number of nitrogens with one attached hydrogen (secondary N) is 1. The fraction of sp³-hybridized carbons (Fsp3) is 0.440. The number of allylic oxidation sites excluding steroid dienone is 2. The van der Waals surface area contributed by atoms with Gasteiger partial charge in [0.05, 0.1) is 23.2 Å². The number of methoxy groups -OCH3 is 1. The number of hydrogen-bond donors (Lipinski definition) is 1. The second-order valence-corrected chi connectivity index (χ2v) is 9.88. The molecule has 32 heavy (non-hydrogen) atoms. The van der Waals surface area contributed by atoms with E-state index in [1.165, 1.54) is 21.6 Å².